The molecule has 0 aliphatic heterocycles. The Morgan fingerprint density at radius 1 is 1.89 bits per heavy atom. The minimum absolute atomic E-state index is 0.315. The van der Waals surface area contributed by atoms with Crippen LogP contribution >= 0.6 is 0 Å². The van der Waals surface area contributed by atoms with Crippen LogP contribution in [0.1, 0.15) is 20.3 Å². The van der Waals surface area contributed by atoms with Crippen molar-refractivity contribution < 1.29 is 9.90 Å². The van der Waals surface area contributed by atoms with Crippen molar-refractivity contribution in [1.29, 1.82) is 0 Å². The molecular formula is C7H12O2. The van der Waals surface area contributed by atoms with Crippen molar-refractivity contribution in [2.45, 2.75) is 25.9 Å². The van der Waals surface area contributed by atoms with Crippen LogP contribution in [0.4, 0.5) is 0 Å². The maximum absolute atomic E-state index is 10.7. The Hall–Kier alpha value is -0.630. The number of carbonyl (C=O) groups is 1. The number of rotatable bonds is 3. The summed E-state index contributed by atoms with van der Waals surface area (Å²) in [5, 5.41) is 9.17. The van der Waals surface area contributed by atoms with Gasteiger partial charge in [0.1, 0.15) is 5.60 Å². The summed E-state index contributed by atoms with van der Waals surface area (Å²) >= 11 is 0. The van der Waals surface area contributed by atoms with Crippen molar-refractivity contribution in [3.05, 3.63) is 12.7 Å². The predicted molar refractivity (Wildman–Crippen MR) is 36.1 cm³/mol. The van der Waals surface area contributed by atoms with Gasteiger partial charge in [0.25, 0.3) is 0 Å². The Balaban J connectivity index is 4.13. The summed E-state index contributed by atoms with van der Waals surface area (Å²) < 4.78 is 0. The first-order valence-electron chi connectivity index (χ1n) is 2.94. The molecule has 0 radical (unpaired) electrons. The van der Waals surface area contributed by atoms with E-state index in [9.17, 15) is 9.90 Å². The molecule has 52 valence electrons. The Labute approximate surface area is 55.2 Å². The molecule has 1 unspecified atom stereocenters. The first-order valence-corrected chi connectivity index (χ1v) is 2.94. The maximum Gasteiger partial charge on any atom is 0.186 e. The summed E-state index contributed by atoms with van der Waals surface area (Å²) in [4.78, 5) is 10.7. The molecule has 9 heavy (non-hydrogen) atoms. The van der Waals surface area contributed by atoms with Crippen molar-refractivity contribution in [3.63, 3.8) is 0 Å². The van der Waals surface area contributed by atoms with Crippen LogP contribution in [-0.4, -0.2) is 16.5 Å². The highest BCUT2D eigenvalue weighted by Crippen LogP contribution is 2.09. The third kappa shape index (κ3) is 1.98. The summed E-state index contributed by atoms with van der Waals surface area (Å²) in [7, 11) is 0. The van der Waals surface area contributed by atoms with Crippen LogP contribution in [0.5, 0.6) is 0 Å². The molecule has 0 aromatic heterocycles. The van der Waals surface area contributed by atoms with E-state index in [4.69, 9.17) is 0 Å². The quantitative estimate of drug-likeness (QED) is 0.573. The van der Waals surface area contributed by atoms with Crippen molar-refractivity contribution in [3.8, 4) is 0 Å². The van der Waals surface area contributed by atoms with Gasteiger partial charge in [0, 0.05) is 0 Å². The highest BCUT2D eigenvalue weighted by Gasteiger charge is 2.24. The zero-order valence-corrected chi connectivity index (χ0v) is 5.85. The summed E-state index contributed by atoms with van der Waals surface area (Å²) in [6.45, 7) is 6.50. The molecule has 1 N–H and O–H groups in total. The van der Waals surface area contributed by atoms with Gasteiger partial charge in [-0.2, -0.15) is 0 Å². The van der Waals surface area contributed by atoms with E-state index in [1.165, 1.54) is 6.92 Å². The molecule has 0 aromatic carbocycles. The lowest BCUT2D eigenvalue weighted by Crippen LogP contribution is -2.32. The topological polar surface area (TPSA) is 37.3 Å². The third-order valence-corrected chi connectivity index (χ3v) is 1.40. The Bertz CT molecular complexity index is 125. The van der Waals surface area contributed by atoms with Gasteiger partial charge in [-0.3, -0.25) is 4.79 Å². The van der Waals surface area contributed by atoms with Crippen molar-refractivity contribution >= 4 is 5.78 Å². The molecule has 1 atom stereocenters. The minimum atomic E-state index is -1.21. The fourth-order valence-electron chi connectivity index (χ4n) is 0.394. The van der Waals surface area contributed by atoms with Crippen LogP contribution < -0.4 is 0 Å². The highest BCUT2D eigenvalue weighted by atomic mass is 16.3. The number of hydrogen-bond donors (Lipinski definition) is 1. The second-order valence-electron chi connectivity index (χ2n) is 2.20. The van der Waals surface area contributed by atoms with E-state index in [1.807, 2.05) is 0 Å². The number of carbonyl (C=O) groups excluding carboxylic acids is 1. The second-order valence-corrected chi connectivity index (χ2v) is 2.20. The van der Waals surface area contributed by atoms with Crippen LogP contribution in [0, 0.1) is 0 Å². The lowest BCUT2D eigenvalue weighted by atomic mass is 9.98. The van der Waals surface area contributed by atoms with Crippen LogP contribution in [0.3, 0.4) is 0 Å². The Kier molecular flexibility index (Phi) is 2.59. The molecule has 0 saturated carbocycles. The average Bonchev–Trinajstić information content (AvgIpc) is 1.86. The zero-order chi connectivity index (χ0) is 7.49. The zero-order valence-electron chi connectivity index (χ0n) is 5.85. The third-order valence-electron chi connectivity index (χ3n) is 1.40. The molecule has 0 aromatic rings. The summed E-state index contributed by atoms with van der Waals surface area (Å²) in [5.41, 5.74) is -1.21. The van der Waals surface area contributed by atoms with Gasteiger partial charge >= 0.3 is 0 Å². The number of aliphatic hydroxyl groups is 1. The van der Waals surface area contributed by atoms with Gasteiger partial charge < -0.3 is 5.11 Å². The SMILES string of the molecule is C=CC(=O)C(C)(O)CC. The second kappa shape index (κ2) is 2.78. The van der Waals surface area contributed by atoms with Crippen LogP contribution in [0.15, 0.2) is 12.7 Å². The largest absolute Gasteiger partial charge is 0.382 e. The molecule has 0 rings (SSSR count). The van der Waals surface area contributed by atoms with Crippen LogP contribution in [-0.2, 0) is 4.79 Å². The monoisotopic (exact) mass is 128 g/mol. The van der Waals surface area contributed by atoms with E-state index in [1.54, 1.807) is 6.92 Å². The highest BCUT2D eigenvalue weighted by molar-refractivity contribution is 5.95. The van der Waals surface area contributed by atoms with Gasteiger partial charge in [0.15, 0.2) is 5.78 Å². The minimum Gasteiger partial charge on any atom is -0.382 e. The number of ketones is 1. The fourth-order valence-corrected chi connectivity index (χ4v) is 0.394. The van der Waals surface area contributed by atoms with Crippen molar-refractivity contribution in [2.75, 3.05) is 0 Å². The summed E-state index contributed by atoms with van der Waals surface area (Å²) in [6, 6.07) is 0. The van der Waals surface area contributed by atoms with Gasteiger partial charge in [-0.05, 0) is 19.4 Å². The molecule has 0 fully saturated rings. The molecule has 0 spiro atoms. The van der Waals surface area contributed by atoms with Crippen LogP contribution in [0.2, 0.25) is 0 Å². The standard InChI is InChI=1S/C7H12O2/c1-4-6(8)7(3,9)5-2/h4,9H,1,5H2,2-3H3. The maximum atomic E-state index is 10.7. The van der Waals surface area contributed by atoms with Gasteiger partial charge in [0.05, 0.1) is 0 Å². The van der Waals surface area contributed by atoms with Crippen LogP contribution in [0.25, 0.3) is 0 Å². The predicted octanol–water partition coefficient (Wildman–Crippen LogP) is 0.902. The first kappa shape index (κ1) is 8.37. The molecule has 0 amide bonds. The molecule has 0 aliphatic rings. The molecule has 0 bridgehead atoms. The Morgan fingerprint density at radius 2 is 2.33 bits per heavy atom. The van der Waals surface area contributed by atoms with E-state index in [2.05, 4.69) is 6.58 Å². The normalized spacial score (nSPS) is 16.3. The van der Waals surface area contributed by atoms with E-state index in [0.717, 1.165) is 6.08 Å². The molecule has 0 saturated heterocycles. The smallest absolute Gasteiger partial charge is 0.186 e. The van der Waals surface area contributed by atoms with E-state index in [-0.39, 0.29) is 5.78 Å². The van der Waals surface area contributed by atoms with Crippen molar-refractivity contribution in [2.24, 2.45) is 0 Å². The fraction of sp³-hybridized carbons (Fsp3) is 0.571. The van der Waals surface area contributed by atoms with E-state index in [0.29, 0.717) is 6.42 Å². The summed E-state index contributed by atoms with van der Waals surface area (Å²) in [6.07, 6.45) is 1.57. The van der Waals surface area contributed by atoms with E-state index >= 15 is 0 Å². The molecule has 2 nitrogen and oxygen atoms in total. The lowest BCUT2D eigenvalue weighted by molar-refractivity contribution is -0.130. The average molecular weight is 128 g/mol. The summed E-state index contributed by atoms with van der Waals surface area (Å²) in [5.74, 6) is -0.315. The Morgan fingerprint density at radius 3 is 2.44 bits per heavy atom. The van der Waals surface area contributed by atoms with Gasteiger partial charge in [-0.25, -0.2) is 0 Å². The first-order chi connectivity index (χ1) is 4.04. The van der Waals surface area contributed by atoms with E-state index < -0.39 is 5.60 Å². The molecule has 2 heteroatoms. The molecular weight excluding hydrogens is 116 g/mol. The molecule has 0 aliphatic carbocycles. The van der Waals surface area contributed by atoms with Gasteiger partial charge in [-0.15, -0.1) is 0 Å². The number of hydrogen-bond acceptors (Lipinski definition) is 2. The molecule has 0 heterocycles. The van der Waals surface area contributed by atoms with Gasteiger partial charge in [0.2, 0.25) is 0 Å². The van der Waals surface area contributed by atoms with Crippen molar-refractivity contribution in [1.82, 2.24) is 0 Å². The van der Waals surface area contributed by atoms with Gasteiger partial charge in [-0.1, -0.05) is 13.5 Å². The lowest BCUT2D eigenvalue weighted by Gasteiger charge is -2.16.